The molecule has 3 N–H and O–H groups in total. The summed E-state index contributed by atoms with van der Waals surface area (Å²) in [5, 5.41) is 8.89. The van der Waals surface area contributed by atoms with E-state index in [2.05, 4.69) is 0 Å². The van der Waals surface area contributed by atoms with Crippen molar-refractivity contribution in [2.24, 2.45) is 5.73 Å². The van der Waals surface area contributed by atoms with E-state index >= 15 is 0 Å². The first kappa shape index (κ1) is 15.0. The molecule has 1 atom stereocenters. The highest BCUT2D eigenvalue weighted by atomic mass is 19.3. The summed E-state index contributed by atoms with van der Waals surface area (Å²) in [5.41, 5.74) is 6.74. The third-order valence-corrected chi connectivity index (χ3v) is 2.85. The SMILES string of the molecule is NCC(CN(CCO)CC(F)F)c1ccccc1. The fraction of sp³-hybridized carbons (Fsp3) is 0.538. The van der Waals surface area contributed by atoms with E-state index in [-0.39, 0.29) is 25.6 Å². The first-order chi connectivity index (χ1) is 8.67. The summed E-state index contributed by atoms with van der Waals surface area (Å²) in [4.78, 5) is 1.55. The van der Waals surface area contributed by atoms with E-state index in [0.29, 0.717) is 13.1 Å². The normalized spacial score (nSPS) is 13.2. The van der Waals surface area contributed by atoms with Gasteiger partial charge >= 0.3 is 0 Å². The monoisotopic (exact) mass is 258 g/mol. The second-order valence-electron chi connectivity index (χ2n) is 4.22. The van der Waals surface area contributed by atoms with Gasteiger partial charge in [-0.3, -0.25) is 4.90 Å². The second-order valence-corrected chi connectivity index (χ2v) is 4.22. The lowest BCUT2D eigenvalue weighted by Gasteiger charge is -2.26. The van der Waals surface area contributed by atoms with Gasteiger partial charge in [0.25, 0.3) is 6.43 Å². The Morgan fingerprint density at radius 1 is 1.17 bits per heavy atom. The molecule has 0 radical (unpaired) electrons. The van der Waals surface area contributed by atoms with Crippen LogP contribution in [0.5, 0.6) is 0 Å². The number of hydrogen-bond donors (Lipinski definition) is 2. The molecule has 0 aliphatic carbocycles. The average molecular weight is 258 g/mol. The molecule has 0 bridgehead atoms. The third-order valence-electron chi connectivity index (χ3n) is 2.85. The van der Waals surface area contributed by atoms with E-state index in [0.717, 1.165) is 5.56 Å². The van der Waals surface area contributed by atoms with Gasteiger partial charge in [0.05, 0.1) is 13.2 Å². The van der Waals surface area contributed by atoms with E-state index < -0.39 is 6.43 Å². The zero-order valence-corrected chi connectivity index (χ0v) is 10.3. The Kier molecular flexibility index (Phi) is 6.78. The van der Waals surface area contributed by atoms with Crippen molar-refractivity contribution >= 4 is 0 Å². The molecule has 1 unspecified atom stereocenters. The minimum atomic E-state index is -2.40. The molecule has 1 aromatic carbocycles. The largest absolute Gasteiger partial charge is 0.395 e. The second kappa shape index (κ2) is 8.13. The van der Waals surface area contributed by atoms with Crippen molar-refractivity contribution in [2.75, 3.05) is 32.8 Å². The number of nitrogens with two attached hydrogens (primary N) is 1. The van der Waals surface area contributed by atoms with Crippen LogP contribution in [0.2, 0.25) is 0 Å². The minimum absolute atomic E-state index is 0.0106. The smallest absolute Gasteiger partial charge is 0.251 e. The summed E-state index contributed by atoms with van der Waals surface area (Å²) in [6.45, 7) is 0.622. The Hall–Kier alpha value is -1.04. The molecule has 1 rings (SSSR count). The van der Waals surface area contributed by atoms with Gasteiger partial charge in [0.15, 0.2) is 0 Å². The molecule has 0 aromatic heterocycles. The lowest BCUT2D eigenvalue weighted by Crippen LogP contribution is -2.37. The number of aliphatic hydroxyl groups is 1. The quantitative estimate of drug-likeness (QED) is 0.738. The van der Waals surface area contributed by atoms with Gasteiger partial charge in [-0.05, 0) is 5.56 Å². The van der Waals surface area contributed by atoms with Crippen LogP contribution in [0.25, 0.3) is 0 Å². The van der Waals surface area contributed by atoms with Crippen molar-refractivity contribution < 1.29 is 13.9 Å². The first-order valence-corrected chi connectivity index (χ1v) is 6.03. The van der Waals surface area contributed by atoms with Crippen LogP contribution in [-0.4, -0.2) is 49.2 Å². The minimum Gasteiger partial charge on any atom is -0.395 e. The molecular formula is C13H20F2N2O. The predicted molar refractivity (Wildman–Crippen MR) is 67.8 cm³/mol. The summed E-state index contributed by atoms with van der Waals surface area (Å²) < 4.78 is 24.8. The molecular weight excluding hydrogens is 238 g/mol. The standard InChI is InChI=1S/C13H20F2N2O/c14-13(15)10-17(6-7-18)9-12(8-16)11-4-2-1-3-5-11/h1-5,12-13,18H,6-10,16H2. The van der Waals surface area contributed by atoms with Crippen molar-refractivity contribution in [3.8, 4) is 0 Å². The molecule has 0 saturated carbocycles. The summed E-state index contributed by atoms with van der Waals surface area (Å²) in [5.74, 6) is 0.0106. The molecule has 0 aliphatic rings. The number of aliphatic hydroxyl groups excluding tert-OH is 1. The maximum atomic E-state index is 12.4. The van der Waals surface area contributed by atoms with Crippen molar-refractivity contribution in [3.63, 3.8) is 0 Å². The molecule has 0 fully saturated rings. The van der Waals surface area contributed by atoms with Crippen LogP contribution < -0.4 is 5.73 Å². The van der Waals surface area contributed by atoms with Gasteiger partial charge in [0, 0.05) is 25.6 Å². The van der Waals surface area contributed by atoms with Crippen LogP contribution in [0.3, 0.4) is 0 Å². The van der Waals surface area contributed by atoms with Crippen molar-refractivity contribution in [1.82, 2.24) is 4.90 Å². The molecule has 0 spiro atoms. The number of nitrogens with zero attached hydrogens (tertiary/aromatic N) is 1. The maximum Gasteiger partial charge on any atom is 0.251 e. The summed E-state index contributed by atoms with van der Waals surface area (Å²) in [6.07, 6.45) is -2.40. The summed E-state index contributed by atoms with van der Waals surface area (Å²) >= 11 is 0. The Morgan fingerprint density at radius 2 is 1.83 bits per heavy atom. The average Bonchev–Trinajstić information content (AvgIpc) is 2.36. The highest BCUT2D eigenvalue weighted by molar-refractivity contribution is 5.20. The van der Waals surface area contributed by atoms with E-state index in [1.807, 2.05) is 30.3 Å². The molecule has 102 valence electrons. The zero-order chi connectivity index (χ0) is 13.4. The van der Waals surface area contributed by atoms with Crippen LogP contribution in [-0.2, 0) is 0 Å². The van der Waals surface area contributed by atoms with Gasteiger partial charge in [-0.2, -0.15) is 0 Å². The van der Waals surface area contributed by atoms with Crippen LogP contribution >= 0.6 is 0 Å². The van der Waals surface area contributed by atoms with E-state index in [1.165, 1.54) is 0 Å². The van der Waals surface area contributed by atoms with Gasteiger partial charge in [-0.15, -0.1) is 0 Å². The van der Waals surface area contributed by atoms with Gasteiger partial charge in [0.1, 0.15) is 0 Å². The molecule has 0 aliphatic heterocycles. The fourth-order valence-corrected chi connectivity index (χ4v) is 1.95. The van der Waals surface area contributed by atoms with Crippen LogP contribution in [0.1, 0.15) is 11.5 Å². The molecule has 0 saturated heterocycles. The summed E-state index contributed by atoms with van der Waals surface area (Å²) in [6, 6.07) is 9.60. The number of rotatable bonds is 8. The number of alkyl halides is 2. The highest BCUT2D eigenvalue weighted by Crippen LogP contribution is 2.16. The molecule has 18 heavy (non-hydrogen) atoms. The summed E-state index contributed by atoms with van der Waals surface area (Å²) in [7, 11) is 0. The fourth-order valence-electron chi connectivity index (χ4n) is 1.95. The van der Waals surface area contributed by atoms with Gasteiger partial charge < -0.3 is 10.8 Å². The lowest BCUT2D eigenvalue weighted by atomic mass is 9.98. The van der Waals surface area contributed by atoms with Crippen LogP contribution in [0, 0.1) is 0 Å². The Morgan fingerprint density at radius 3 is 2.33 bits per heavy atom. The van der Waals surface area contributed by atoms with Gasteiger partial charge in [0.2, 0.25) is 0 Å². The van der Waals surface area contributed by atoms with E-state index in [1.54, 1.807) is 4.90 Å². The molecule has 0 heterocycles. The number of hydrogen-bond acceptors (Lipinski definition) is 3. The Balaban J connectivity index is 2.64. The third kappa shape index (κ3) is 5.08. The zero-order valence-electron chi connectivity index (χ0n) is 10.3. The van der Waals surface area contributed by atoms with Crippen molar-refractivity contribution in [3.05, 3.63) is 35.9 Å². The maximum absolute atomic E-state index is 12.4. The molecule has 3 nitrogen and oxygen atoms in total. The highest BCUT2D eigenvalue weighted by Gasteiger charge is 2.17. The predicted octanol–water partition coefficient (Wildman–Crippen LogP) is 1.29. The molecule has 0 amide bonds. The van der Waals surface area contributed by atoms with Gasteiger partial charge in [-0.25, -0.2) is 8.78 Å². The van der Waals surface area contributed by atoms with E-state index in [9.17, 15) is 8.78 Å². The van der Waals surface area contributed by atoms with Gasteiger partial charge in [-0.1, -0.05) is 30.3 Å². The van der Waals surface area contributed by atoms with Crippen molar-refractivity contribution in [1.29, 1.82) is 0 Å². The number of halogens is 2. The number of benzene rings is 1. The topological polar surface area (TPSA) is 49.5 Å². The molecule has 5 heteroatoms. The van der Waals surface area contributed by atoms with Crippen molar-refractivity contribution in [2.45, 2.75) is 12.3 Å². The Labute approximate surface area is 106 Å². The van der Waals surface area contributed by atoms with E-state index in [4.69, 9.17) is 10.8 Å². The lowest BCUT2D eigenvalue weighted by molar-refractivity contribution is 0.0754. The first-order valence-electron chi connectivity index (χ1n) is 6.03. The molecule has 1 aromatic rings. The van der Waals surface area contributed by atoms with Crippen LogP contribution in [0.15, 0.2) is 30.3 Å². The Bertz CT molecular complexity index is 322. The van der Waals surface area contributed by atoms with Crippen LogP contribution in [0.4, 0.5) is 8.78 Å².